The molecule has 0 N–H and O–H groups in total. The van der Waals surface area contributed by atoms with Crippen LogP contribution in [0.2, 0.25) is 0 Å². The number of hydrogen-bond acceptors (Lipinski definition) is 5. The lowest BCUT2D eigenvalue weighted by molar-refractivity contribution is 0.430. The van der Waals surface area contributed by atoms with Crippen LogP contribution in [0.3, 0.4) is 0 Å². The van der Waals surface area contributed by atoms with Gasteiger partial charge in [-0.25, -0.2) is 4.98 Å². The Hall–Kier alpha value is -2.61. The first-order valence-corrected chi connectivity index (χ1v) is 4.57. The maximum Gasteiger partial charge on any atom is 0.184 e. The van der Waals surface area contributed by atoms with Crippen LogP contribution in [0.4, 0.5) is 0 Å². The lowest BCUT2D eigenvalue weighted by atomic mass is 10.1. The molecule has 1 aromatic carbocycles. The van der Waals surface area contributed by atoms with Gasteiger partial charge >= 0.3 is 0 Å². The monoisotopic (exact) mass is 211 g/mol. The van der Waals surface area contributed by atoms with Crippen molar-refractivity contribution in [2.45, 2.75) is 0 Å². The zero-order chi connectivity index (χ0) is 11.0. The molecule has 16 heavy (non-hydrogen) atoms. The van der Waals surface area contributed by atoms with E-state index in [-0.39, 0.29) is 5.69 Å². The molecule has 0 unspecified atom stereocenters. The van der Waals surface area contributed by atoms with Gasteiger partial charge in [0.05, 0.1) is 0 Å². The number of aromatic nitrogens is 2. The van der Waals surface area contributed by atoms with Crippen LogP contribution in [0.5, 0.6) is 0 Å². The number of nitriles is 1. The molecule has 0 radical (unpaired) electrons. The van der Waals surface area contributed by atoms with Crippen LogP contribution in [0.25, 0.3) is 22.4 Å². The molecule has 3 aromatic rings. The molecule has 0 spiro atoms. The quantitative estimate of drug-likeness (QED) is 0.617. The SMILES string of the molecule is N#Cc1cc(-c2ccc3ncoc3c2)on1. The molecule has 2 heterocycles. The molecule has 2 aromatic heterocycles. The summed E-state index contributed by atoms with van der Waals surface area (Å²) in [5.41, 5.74) is 2.52. The number of nitrogens with zero attached hydrogens (tertiary/aromatic N) is 3. The molecule has 0 fully saturated rings. The maximum absolute atomic E-state index is 8.64. The van der Waals surface area contributed by atoms with Gasteiger partial charge in [0.25, 0.3) is 0 Å². The van der Waals surface area contributed by atoms with Gasteiger partial charge < -0.3 is 8.94 Å². The van der Waals surface area contributed by atoms with Crippen molar-refractivity contribution in [1.82, 2.24) is 10.1 Å². The van der Waals surface area contributed by atoms with E-state index >= 15 is 0 Å². The summed E-state index contributed by atoms with van der Waals surface area (Å²) >= 11 is 0. The van der Waals surface area contributed by atoms with Gasteiger partial charge in [0.2, 0.25) is 0 Å². The van der Waals surface area contributed by atoms with Crippen molar-refractivity contribution in [2.75, 3.05) is 0 Å². The molecule has 5 heteroatoms. The number of hydrogen-bond donors (Lipinski definition) is 0. The van der Waals surface area contributed by atoms with E-state index in [1.807, 2.05) is 18.2 Å². The second-order valence-electron chi connectivity index (χ2n) is 3.22. The Morgan fingerprint density at radius 1 is 1.25 bits per heavy atom. The second-order valence-corrected chi connectivity index (χ2v) is 3.22. The third-order valence-electron chi connectivity index (χ3n) is 2.24. The fourth-order valence-electron chi connectivity index (χ4n) is 1.47. The lowest BCUT2D eigenvalue weighted by Gasteiger charge is -1.93. The van der Waals surface area contributed by atoms with Crippen molar-refractivity contribution >= 4 is 11.1 Å². The Morgan fingerprint density at radius 2 is 2.19 bits per heavy atom. The Morgan fingerprint density at radius 3 is 3.00 bits per heavy atom. The lowest BCUT2D eigenvalue weighted by Crippen LogP contribution is -1.73. The zero-order valence-electron chi connectivity index (χ0n) is 8.04. The molecule has 0 saturated carbocycles. The maximum atomic E-state index is 8.64. The van der Waals surface area contributed by atoms with Gasteiger partial charge in [-0.15, -0.1) is 0 Å². The van der Waals surface area contributed by atoms with E-state index < -0.39 is 0 Å². The van der Waals surface area contributed by atoms with E-state index in [2.05, 4.69) is 10.1 Å². The Bertz CT molecular complexity index is 690. The molecule has 0 atom stereocenters. The molecule has 0 amide bonds. The molecule has 3 rings (SSSR count). The van der Waals surface area contributed by atoms with Gasteiger partial charge in [-0.1, -0.05) is 5.16 Å². The first kappa shape index (κ1) is 8.68. The molecule has 76 valence electrons. The molecule has 0 bridgehead atoms. The summed E-state index contributed by atoms with van der Waals surface area (Å²) in [7, 11) is 0. The highest BCUT2D eigenvalue weighted by atomic mass is 16.5. The van der Waals surface area contributed by atoms with Crippen LogP contribution in [0.1, 0.15) is 5.69 Å². The van der Waals surface area contributed by atoms with Crippen LogP contribution < -0.4 is 0 Å². The van der Waals surface area contributed by atoms with Gasteiger partial charge in [0.1, 0.15) is 11.6 Å². The van der Waals surface area contributed by atoms with Crippen molar-refractivity contribution in [2.24, 2.45) is 0 Å². The fraction of sp³-hybridized carbons (Fsp3) is 0. The minimum atomic E-state index is 0.257. The Balaban J connectivity index is 2.14. The summed E-state index contributed by atoms with van der Waals surface area (Å²) in [6.45, 7) is 0. The third kappa shape index (κ3) is 1.25. The Labute approximate surface area is 89.9 Å². The standard InChI is InChI=1S/C11H5N3O2/c12-5-8-4-10(16-14-8)7-1-2-9-11(3-7)15-6-13-9/h1-4,6H. The Kier molecular flexibility index (Phi) is 1.74. The van der Waals surface area contributed by atoms with Crippen molar-refractivity contribution in [3.63, 3.8) is 0 Å². The molecular formula is C11H5N3O2. The van der Waals surface area contributed by atoms with Crippen molar-refractivity contribution in [3.05, 3.63) is 36.4 Å². The number of benzene rings is 1. The smallest absolute Gasteiger partial charge is 0.184 e. The van der Waals surface area contributed by atoms with Crippen LogP contribution >= 0.6 is 0 Å². The summed E-state index contributed by atoms with van der Waals surface area (Å²) in [4.78, 5) is 4.01. The molecule has 0 aliphatic rings. The van der Waals surface area contributed by atoms with Crippen LogP contribution in [0.15, 0.2) is 39.6 Å². The highest BCUT2D eigenvalue weighted by Gasteiger charge is 2.08. The van der Waals surface area contributed by atoms with Crippen LogP contribution in [-0.4, -0.2) is 10.1 Å². The topological polar surface area (TPSA) is 75.8 Å². The third-order valence-corrected chi connectivity index (χ3v) is 2.24. The largest absolute Gasteiger partial charge is 0.443 e. The van der Waals surface area contributed by atoms with E-state index in [9.17, 15) is 0 Å². The molecule has 0 saturated heterocycles. The predicted octanol–water partition coefficient (Wildman–Crippen LogP) is 2.35. The number of fused-ring (bicyclic) bond motifs is 1. The average Bonchev–Trinajstić information content (AvgIpc) is 2.96. The zero-order valence-corrected chi connectivity index (χ0v) is 8.04. The van der Waals surface area contributed by atoms with Gasteiger partial charge in [-0.05, 0) is 18.2 Å². The van der Waals surface area contributed by atoms with Crippen molar-refractivity contribution < 1.29 is 8.94 Å². The highest BCUT2D eigenvalue weighted by Crippen LogP contribution is 2.24. The summed E-state index contributed by atoms with van der Waals surface area (Å²) in [5.74, 6) is 0.537. The molecule has 5 nitrogen and oxygen atoms in total. The average molecular weight is 211 g/mol. The summed E-state index contributed by atoms with van der Waals surface area (Å²) in [5, 5.41) is 12.2. The summed E-state index contributed by atoms with van der Waals surface area (Å²) < 4.78 is 10.2. The number of oxazole rings is 1. The highest BCUT2D eigenvalue weighted by molar-refractivity contribution is 5.78. The van der Waals surface area contributed by atoms with Gasteiger partial charge in [0.15, 0.2) is 23.4 Å². The first-order chi connectivity index (χ1) is 7.86. The second kappa shape index (κ2) is 3.21. The van der Waals surface area contributed by atoms with Crippen molar-refractivity contribution in [3.8, 4) is 17.4 Å². The molecule has 0 aliphatic heterocycles. The number of rotatable bonds is 1. The fourth-order valence-corrected chi connectivity index (χ4v) is 1.47. The van der Waals surface area contributed by atoms with E-state index in [1.165, 1.54) is 6.39 Å². The van der Waals surface area contributed by atoms with E-state index in [4.69, 9.17) is 14.2 Å². The normalized spacial score (nSPS) is 10.4. The van der Waals surface area contributed by atoms with Crippen LogP contribution in [-0.2, 0) is 0 Å². The van der Waals surface area contributed by atoms with Gasteiger partial charge in [-0.3, -0.25) is 0 Å². The van der Waals surface area contributed by atoms with E-state index in [0.717, 1.165) is 11.1 Å². The minimum Gasteiger partial charge on any atom is -0.443 e. The van der Waals surface area contributed by atoms with Crippen molar-refractivity contribution in [1.29, 1.82) is 5.26 Å². The van der Waals surface area contributed by atoms with Gasteiger partial charge in [-0.2, -0.15) is 5.26 Å². The first-order valence-electron chi connectivity index (χ1n) is 4.57. The van der Waals surface area contributed by atoms with Gasteiger partial charge in [0, 0.05) is 11.6 Å². The van der Waals surface area contributed by atoms with Crippen LogP contribution in [0, 0.1) is 11.3 Å². The molecule has 0 aliphatic carbocycles. The predicted molar refractivity (Wildman–Crippen MR) is 54.2 cm³/mol. The minimum absolute atomic E-state index is 0.257. The molecular weight excluding hydrogens is 206 g/mol. The van der Waals surface area contributed by atoms with E-state index in [1.54, 1.807) is 12.1 Å². The van der Waals surface area contributed by atoms with E-state index in [0.29, 0.717) is 11.3 Å². The summed E-state index contributed by atoms with van der Waals surface area (Å²) in [6, 6.07) is 8.95. The summed E-state index contributed by atoms with van der Waals surface area (Å²) in [6.07, 6.45) is 1.38.